The first-order valence-corrected chi connectivity index (χ1v) is 34.2. The Hall–Kier alpha value is -3.67. The lowest BCUT2D eigenvalue weighted by molar-refractivity contribution is -0.167. The van der Waals surface area contributed by atoms with Gasteiger partial charge in [0.2, 0.25) is 0 Å². The van der Waals surface area contributed by atoms with Crippen LogP contribution in [-0.2, 0) is 28.6 Å². The van der Waals surface area contributed by atoms with Crippen LogP contribution in [0.25, 0.3) is 0 Å². The minimum Gasteiger partial charge on any atom is -0.462 e. The van der Waals surface area contributed by atoms with Gasteiger partial charge in [-0.15, -0.1) is 0 Å². The third-order valence-corrected chi connectivity index (χ3v) is 14.8. The first-order chi connectivity index (χ1) is 39.5. The van der Waals surface area contributed by atoms with Crippen molar-refractivity contribution in [3.63, 3.8) is 0 Å². The van der Waals surface area contributed by atoms with Crippen LogP contribution >= 0.6 is 0 Å². The summed E-state index contributed by atoms with van der Waals surface area (Å²) in [5.41, 5.74) is 0. The van der Waals surface area contributed by atoms with Crippen LogP contribution in [0, 0.1) is 0 Å². The first-order valence-electron chi connectivity index (χ1n) is 34.2. The zero-order chi connectivity index (χ0) is 57.8. The maximum Gasteiger partial charge on any atom is 0.306 e. The van der Waals surface area contributed by atoms with Crippen molar-refractivity contribution in [2.45, 2.75) is 341 Å². The molecule has 0 saturated carbocycles. The molecule has 0 amide bonds. The number of allylic oxidation sites excluding steroid dienone is 16. The molecule has 0 radical (unpaired) electrons. The van der Waals surface area contributed by atoms with Crippen molar-refractivity contribution >= 4 is 17.9 Å². The molecule has 0 fully saturated rings. The van der Waals surface area contributed by atoms with Crippen molar-refractivity contribution in [1.29, 1.82) is 0 Å². The molecular formula is C74H128O6. The number of carbonyl (C=O) groups excluding carboxylic acids is 3. The summed E-state index contributed by atoms with van der Waals surface area (Å²) in [5, 5.41) is 0. The summed E-state index contributed by atoms with van der Waals surface area (Å²) in [7, 11) is 0. The summed E-state index contributed by atoms with van der Waals surface area (Å²) in [6.45, 7) is 6.49. The van der Waals surface area contributed by atoms with Crippen LogP contribution in [0.15, 0.2) is 97.2 Å². The van der Waals surface area contributed by atoms with E-state index in [0.29, 0.717) is 19.3 Å². The Morgan fingerprint density at radius 1 is 0.263 bits per heavy atom. The lowest BCUT2D eigenvalue weighted by atomic mass is 10.0. The van der Waals surface area contributed by atoms with Crippen LogP contribution in [-0.4, -0.2) is 37.2 Å². The molecule has 6 nitrogen and oxygen atoms in total. The highest BCUT2D eigenvalue weighted by atomic mass is 16.6. The fourth-order valence-electron chi connectivity index (χ4n) is 9.66. The molecular weight excluding hydrogens is 985 g/mol. The number of esters is 3. The van der Waals surface area contributed by atoms with E-state index in [4.69, 9.17) is 14.2 Å². The lowest BCUT2D eigenvalue weighted by Gasteiger charge is -2.18. The molecule has 0 aliphatic carbocycles. The number of hydrogen-bond donors (Lipinski definition) is 0. The number of carbonyl (C=O) groups is 3. The second-order valence-electron chi connectivity index (χ2n) is 22.7. The average Bonchev–Trinajstić information content (AvgIpc) is 3.46. The van der Waals surface area contributed by atoms with E-state index in [-0.39, 0.29) is 31.1 Å². The number of unbranched alkanes of at least 4 members (excludes halogenated alkanes) is 35. The van der Waals surface area contributed by atoms with Gasteiger partial charge in [-0.1, -0.05) is 298 Å². The zero-order valence-electron chi connectivity index (χ0n) is 52.8. The van der Waals surface area contributed by atoms with Crippen molar-refractivity contribution in [3.8, 4) is 0 Å². The second kappa shape index (κ2) is 67.8. The van der Waals surface area contributed by atoms with Gasteiger partial charge in [0.25, 0.3) is 0 Å². The molecule has 1 unspecified atom stereocenters. The van der Waals surface area contributed by atoms with E-state index >= 15 is 0 Å². The van der Waals surface area contributed by atoms with Gasteiger partial charge < -0.3 is 14.2 Å². The van der Waals surface area contributed by atoms with Crippen molar-refractivity contribution in [2.24, 2.45) is 0 Å². The Morgan fingerprint density at radius 2 is 0.500 bits per heavy atom. The van der Waals surface area contributed by atoms with Gasteiger partial charge in [-0.05, 0) is 116 Å². The van der Waals surface area contributed by atoms with E-state index in [0.717, 1.165) is 122 Å². The first kappa shape index (κ1) is 76.3. The quantitative estimate of drug-likeness (QED) is 0.0261. The topological polar surface area (TPSA) is 78.9 Å². The Morgan fingerprint density at radius 3 is 0.800 bits per heavy atom. The van der Waals surface area contributed by atoms with Crippen molar-refractivity contribution in [3.05, 3.63) is 97.2 Å². The third kappa shape index (κ3) is 65.1. The molecule has 80 heavy (non-hydrogen) atoms. The molecule has 0 spiro atoms. The van der Waals surface area contributed by atoms with E-state index in [1.165, 1.54) is 173 Å². The van der Waals surface area contributed by atoms with Gasteiger partial charge in [-0.2, -0.15) is 0 Å². The van der Waals surface area contributed by atoms with Crippen LogP contribution < -0.4 is 0 Å². The molecule has 0 aromatic heterocycles. The maximum atomic E-state index is 12.9. The van der Waals surface area contributed by atoms with Gasteiger partial charge >= 0.3 is 17.9 Å². The zero-order valence-corrected chi connectivity index (χ0v) is 52.8. The third-order valence-electron chi connectivity index (χ3n) is 14.8. The molecule has 0 aliphatic rings. The molecule has 0 aliphatic heterocycles. The van der Waals surface area contributed by atoms with Gasteiger partial charge in [0.05, 0.1) is 0 Å². The molecule has 0 aromatic carbocycles. The molecule has 0 N–H and O–H groups in total. The molecule has 0 aromatic rings. The second-order valence-corrected chi connectivity index (χ2v) is 22.7. The van der Waals surface area contributed by atoms with Crippen LogP contribution in [0.3, 0.4) is 0 Å². The molecule has 0 bridgehead atoms. The Bertz CT molecular complexity index is 1560. The van der Waals surface area contributed by atoms with Crippen LogP contribution in [0.4, 0.5) is 0 Å². The predicted molar refractivity (Wildman–Crippen MR) is 348 cm³/mol. The Kier molecular flexibility index (Phi) is 64.7. The van der Waals surface area contributed by atoms with Crippen LogP contribution in [0.2, 0.25) is 0 Å². The number of ether oxygens (including phenoxy) is 3. The average molecular weight is 1110 g/mol. The summed E-state index contributed by atoms with van der Waals surface area (Å²) in [6.07, 6.45) is 91.5. The molecule has 460 valence electrons. The number of rotatable bonds is 62. The smallest absolute Gasteiger partial charge is 0.306 e. The van der Waals surface area contributed by atoms with Crippen LogP contribution in [0.1, 0.15) is 335 Å². The summed E-state index contributed by atoms with van der Waals surface area (Å²) >= 11 is 0. The SMILES string of the molecule is CC/C=C\C/C=C\C/C=C\CCCCCCCCCC(=O)OC(COC(=O)CCCCCCC/C=C\C/C=C\CCCC)COC(=O)CCCCCCCCCCCCCCCCCC/C=C\C/C=C\C/C=C\CCCCCCC. The molecule has 0 heterocycles. The van der Waals surface area contributed by atoms with Gasteiger partial charge in [-0.25, -0.2) is 0 Å². The van der Waals surface area contributed by atoms with Crippen molar-refractivity contribution in [2.75, 3.05) is 13.2 Å². The minimum atomic E-state index is -0.790. The van der Waals surface area contributed by atoms with Gasteiger partial charge in [0.15, 0.2) is 6.10 Å². The predicted octanol–water partition coefficient (Wildman–Crippen LogP) is 23.6. The Balaban J connectivity index is 4.23. The number of hydrogen-bond acceptors (Lipinski definition) is 6. The fraction of sp³-hybridized carbons (Fsp3) is 0.743. The summed E-state index contributed by atoms with van der Waals surface area (Å²) in [6, 6.07) is 0. The lowest BCUT2D eigenvalue weighted by Crippen LogP contribution is -2.30. The molecule has 6 heteroatoms. The molecule has 0 saturated heterocycles. The highest BCUT2D eigenvalue weighted by Gasteiger charge is 2.19. The molecule has 1 atom stereocenters. The fourth-order valence-corrected chi connectivity index (χ4v) is 9.66. The van der Waals surface area contributed by atoms with Crippen molar-refractivity contribution in [1.82, 2.24) is 0 Å². The summed E-state index contributed by atoms with van der Waals surface area (Å²) < 4.78 is 16.9. The minimum absolute atomic E-state index is 0.0845. The largest absolute Gasteiger partial charge is 0.462 e. The molecule has 0 rings (SSSR count). The van der Waals surface area contributed by atoms with E-state index in [2.05, 4.69) is 118 Å². The van der Waals surface area contributed by atoms with E-state index < -0.39 is 6.10 Å². The van der Waals surface area contributed by atoms with Gasteiger partial charge in [0, 0.05) is 19.3 Å². The van der Waals surface area contributed by atoms with Crippen LogP contribution in [0.5, 0.6) is 0 Å². The Labute approximate surface area is 496 Å². The maximum absolute atomic E-state index is 12.9. The highest BCUT2D eigenvalue weighted by Crippen LogP contribution is 2.17. The van der Waals surface area contributed by atoms with Gasteiger partial charge in [-0.3, -0.25) is 14.4 Å². The van der Waals surface area contributed by atoms with E-state index in [1.807, 2.05) is 0 Å². The van der Waals surface area contributed by atoms with Crippen molar-refractivity contribution < 1.29 is 28.6 Å². The summed E-state index contributed by atoms with van der Waals surface area (Å²) in [5.74, 6) is -0.897. The van der Waals surface area contributed by atoms with E-state index in [9.17, 15) is 14.4 Å². The van der Waals surface area contributed by atoms with Gasteiger partial charge in [0.1, 0.15) is 13.2 Å². The van der Waals surface area contributed by atoms with E-state index in [1.54, 1.807) is 0 Å². The normalized spacial score (nSPS) is 12.7. The summed E-state index contributed by atoms with van der Waals surface area (Å²) in [4.78, 5) is 38.4. The monoisotopic (exact) mass is 1110 g/mol. The standard InChI is InChI=1S/C74H128O6/c1-4-7-10-13-16-19-22-25-28-30-31-32-33-34-35-36-37-38-39-40-41-42-43-45-46-49-52-55-58-61-64-67-73(76)79-70-71(69-78-72(75)66-63-60-57-54-51-48-27-24-21-18-15-12-9-6-3)80-74(77)68-65-62-59-56-53-50-47-44-29-26-23-20-17-14-11-8-5-2/h8,11,15,17-18,20,22,24-27,29-31,33-34,71H,4-7,9-10,12-14,16,19,21,23,28,32,35-70H2,1-3H3/b11-8-,18-15-,20-17-,25-22-,27-24-,29-26-,31-30-,34-33-. The highest BCUT2D eigenvalue weighted by molar-refractivity contribution is 5.71.